The Morgan fingerprint density at radius 3 is 3.08 bits per heavy atom. The molecule has 0 aliphatic heterocycles. The van der Waals surface area contributed by atoms with E-state index in [1.807, 2.05) is 6.07 Å². The fourth-order valence-electron chi connectivity index (χ4n) is 1.11. The van der Waals surface area contributed by atoms with E-state index in [2.05, 4.69) is 10.2 Å². The Bertz CT molecular complexity index is 467. The van der Waals surface area contributed by atoms with E-state index in [-0.39, 0.29) is 5.75 Å². The summed E-state index contributed by atoms with van der Waals surface area (Å²) in [6, 6.07) is 6.87. The van der Waals surface area contributed by atoms with E-state index in [9.17, 15) is 5.11 Å². The molecule has 0 atom stereocenters. The minimum Gasteiger partial charge on any atom is -0.506 e. The zero-order valence-electron chi connectivity index (χ0n) is 6.07. The topological polar surface area (TPSA) is 72.7 Å². The highest BCUT2D eigenvalue weighted by Crippen LogP contribution is 2.23. The second-order valence-corrected chi connectivity index (χ2v) is 2.38. The number of para-hydroxylation sites is 1. The lowest BCUT2D eigenvalue weighted by molar-refractivity contribution is 0.480. The second kappa shape index (κ2) is 2.24. The van der Waals surface area contributed by atoms with Crippen LogP contribution < -0.4 is 0 Å². The van der Waals surface area contributed by atoms with Crippen LogP contribution in [0.5, 0.6) is 5.75 Å². The number of aromatic hydroxyl groups is 1. The summed E-state index contributed by atoms with van der Waals surface area (Å²) in [6.45, 7) is 0. The molecule has 0 aliphatic carbocycles. The maximum absolute atomic E-state index is 9.30. The SMILES string of the molecule is N#Cc1n[nH]c2c(O)cccc12. The highest BCUT2D eigenvalue weighted by atomic mass is 16.3. The third-order valence-corrected chi connectivity index (χ3v) is 1.68. The Balaban J connectivity index is 2.91. The first-order chi connectivity index (χ1) is 5.83. The molecule has 0 saturated heterocycles. The summed E-state index contributed by atoms with van der Waals surface area (Å²) in [7, 11) is 0. The van der Waals surface area contributed by atoms with E-state index >= 15 is 0 Å². The van der Waals surface area contributed by atoms with Gasteiger partial charge in [0.1, 0.15) is 17.3 Å². The molecule has 0 amide bonds. The van der Waals surface area contributed by atoms with Gasteiger partial charge in [-0.05, 0) is 12.1 Å². The molecule has 4 heteroatoms. The number of phenolic OH excluding ortho intramolecular Hbond substituents is 1. The van der Waals surface area contributed by atoms with Crippen molar-refractivity contribution in [2.24, 2.45) is 0 Å². The van der Waals surface area contributed by atoms with Crippen molar-refractivity contribution >= 4 is 10.9 Å². The number of rotatable bonds is 0. The quantitative estimate of drug-likeness (QED) is 0.605. The van der Waals surface area contributed by atoms with Crippen LogP contribution in [0.2, 0.25) is 0 Å². The molecule has 2 N–H and O–H groups in total. The van der Waals surface area contributed by atoms with Crippen LogP contribution >= 0.6 is 0 Å². The summed E-state index contributed by atoms with van der Waals surface area (Å²) >= 11 is 0. The number of phenols is 1. The van der Waals surface area contributed by atoms with Gasteiger partial charge < -0.3 is 5.11 Å². The number of nitriles is 1. The molecule has 0 unspecified atom stereocenters. The smallest absolute Gasteiger partial charge is 0.170 e. The minimum atomic E-state index is 0.113. The van der Waals surface area contributed by atoms with Crippen molar-refractivity contribution in [3.05, 3.63) is 23.9 Å². The number of hydrogen-bond donors (Lipinski definition) is 2. The van der Waals surface area contributed by atoms with Gasteiger partial charge in [-0.15, -0.1) is 0 Å². The second-order valence-electron chi connectivity index (χ2n) is 2.38. The third kappa shape index (κ3) is 0.736. The lowest BCUT2D eigenvalue weighted by Crippen LogP contribution is -1.71. The van der Waals surface area contributed by atoms with Crippen molar-refractivity contribution in [2.75, 3.05) is 0 Å². The molecular weight excluding hydrogens is 154 g/mol. The standard InChI is InChI=1S/C8H5N3O/c9-4-6-5-2-1-3-7(12)8(5)11-10-6/h1-3,12H,(H,10,11). The summed E-state index contributed by atoms with van der Waals surface area (Å²) in [5.74, 6) is 0.113. The van der Waals surface area contributed by atoms with Crippen molar-refractivity contribution < 1.29 is 5.11 Å². The number of nitrogens with one attached hydrogen (secondary N) is 1. The summed E-state index contributed by atoms with van der Waals surface area (Å²) < 4.78 is 0. The summed E-state index contributed by atoms with van der Waals surface area (Å²) in [5.41, 5.74) is 0.815. The van der Waals surface area contributed by atoms with Crippen LogP contribution in [0.25, 0.3) is 10.9 Å². The molecule has 0 fully saturated rings. The molecule has 0 bridgehead atoms. The van der Waals surface area contributed by atoms with Gasteiger partial charge in [0.2, 0.25) is 0 Å². The minimum absolute atomic E-state index is 0.113. The number of benzene rings is 1. The molecular formula is C8H5N3O. The van der Waals surface area contributed by atoms with E-state index < -0.39 is 0 Å². The molecule has 0 saturated carbocycles. The van der Waals surface area contributed by atoms with Gasteiger partial charge in [0, 0.05) is 5.39 Å². The number of aromatic amines is 1. The van der Waals surface area contributed by atoms with Crippen molar-refractivity contribution in [3.8, 4) is 11.8 Å². The number of nitrogens with zero attached hydrogens (tertiary/aromatic N) is 2. The van der Waals surface area contributed by atoms with E-state index in [1.165, 1.54) is 0 Å². The summed E-state index contributed by atoms with van der Waals surface area (Å²) in [5, 5.41) is 24.9. The van der Waals surface area contributed by atoms with Gasteiger partial charge in [-0.3, -0.25) is 5.10 Å². The molecule has 1 aromatic heterocycles. The lowest BCUT2D eigenvalue weighted by atomic mass is 10.2. The van der Waals surface area contributed by atoms with Crippen LogP contribution in [0.15, 0.2) is 18.2 Å². The first kappa shape index (κ1) is 6.68. The van der Waals surface area contributed by atoms with Crippen LogP contribution in [-0.2, 0) is 0 Å². The Morgan fingerprint density at radius 1 is 1.50 bits per heavy atom. The third-order valence-electron chi connectivity index (χ3n) is 1.68. The molecule has 2 aromatic rings. The average Bonchev–Trinajstić information content (AvgIpc) is 2.49. The Morgan fingerprint density at radius 2 is 2.33 bits per heavy atom. The predicted molar refractivity (Wildman–Crippen MR) is 42.5 cm³/mol. The van der Waals surface area contributed by atoms with E-state index in [0.717, 1.165) is 0 Å². The molecule has 58 valence electrons. The molecule has 4 nitrogen and oxygen atoms in total. The number of fused-ring (bicyclic) bond motifs is 1. The highest BCUT2D eigenvalue weighted by Gasteiger charge is 2.06. The van der Waals surface area contributed by atoms with Crippen LogP contribution in [0.3, 0.4) is 0 Å². The highest BCUT2D eigenvalue weighted by molar-refractivity contribution is 5.88. The lowest BCUT2D eigenvalue weighted by Gasteiger charge is -1.90. The fraction of sp³-hybridized carbons (Fsp3) is 0. The first-order valence-corrected chi connectivity index (χ1v) is 3.39. The van der Waals surface area contributed by atoms with Gasteiger partial charge in [-0.1, -0.05) is 6.07 Å². The maximum Gasteiger partial charge on any atom is 0.170 e. The maximum atomic E-state index is 9.30. The Hall–Kier alpha value is -2.02. The first-order valence-electron chi connectivity index (χ1n) is 3.39. The molecule has 1 aromatic carbocycles. The monoisotopic (exact) mass is 159 g/mol. The molecule has 1 heterocycles. The molecule has 2 rings (SSSR count). The van der Waals surface area contributed by atoms with Crippen molar-refractivity contribution in [1.82, 2.24) is 10.2 Å². The summed E-state index contributed by atoms with van der Waals surface area (Å²) in [4.78, 5) is 0. The Kier molecular flexibility index (Phi) is 1.25. The van der Waals surface area contributed by atoms with Crippen LogP contribution in [0.4, 0.5) is 0 Å². The van der Waals surface area contributed by atoms with Crippen LogP contribution in [-0.4, -0.2) is 15.3 Å². The van der Waals surface area contributed by atoms with Crippen molar-refractivity contribution in [3.63, 3.8) is 0 Å². The average molecular weight is 159 g/mol. The summed E-state index contributed by atoms with van der Waals surface area (Å²) in [6.07, 6.45) is 0. The van der Waals surface area contributed by atoms with Crippen molar-refractivity contribution in [1.29, 1.82) is 5.26 Å². The molecule has 0 aliphatic rings. The van der Waals surface area contributed by atoms with Gasteiger partial charge in [-0.2, -0.15) is 10.4 Å². The van der Waals surface area contributed by atoms with Crippen LogP contribution in [0.1, 0.15) is 5.69 Å². The van der Waals surface area contributed by atoms with Gasteiger partial charge in [-0.25, -0.2) is 0 Å². The fourth-order valence-corrected chi connectivity index (χ4v) is 1.11. The van der Waals surface area contributed by atoms with Gasteiger partial charge in [0.25, 0.3) is 0 Å². The van der Waals surface area contributed by atoms with Crippen molar-refractivity contribution in [2.45, 2.75) is 0 Å². The number of H-pyrrole nitrogens is 1. The molecule has 0 radical (unpaired) electrons. The van der Waals surface area contributed by atoms with E-state index in [1.54, 1.807) is 18.2 Å². The predicted octanol–water partition coefficient (Wildman–Crippen LogP) is 1.14. The normalized spacial score (nSPS) is 9.92. The van der Waals surface area contributed by atoms with Gasteiger partial charge in [0.05, 0.1) is 0 Å². The Labute approximate surface area is 68.1 Å². The number of hydrogen-bond acceptors (Lipinski definition) is 3. The largest absolute Gasteiger partial charge is 0.506 e. The molecule has 12 heavy (non-hydrogen) atoms. The zero-order valence-corrected chi connectivity index (χ0v) is 6.07. The number of aromatic nitrogens is 2. The van der Waals surface area contributed by atoms with Crippen LogP contribution in [0, 0.1) is 11.3 Å². The van der Waals surface area contributed by atoms with E-state index in [0.29, 0.717) is 16.6 Å². The molecule has 0 spiro atoms. The van der Waals surface area contributed by atoms with E-state index in [4.69, 9.17) is 5.26 Å². The zero-order chi connectivity index (χ0) is 8.55. The van der Waals surface area contributed by atoms with Gasteiger partial charge in [0.15, 0.2) is 5.69 Å². The van der Waals surface area contributed by atoms with Gasteiger partial charge >= 0.3 is 0 Å².